The molecule has 1 atom stereocenters. The van der Waals surface area contributed by atoms with Gasteiger partial charge in [-0.15, -0.1) is 0 Å². The molecule has 2 heterocycles. The summed E-state index contributed by atoms with van der Waals surface area (Å²) in [5.74, 6) is -0.567. The molecule has 0 radical (unpaired) electrons. The van der Waals surface area contributed by atoms with E-state index in [4.69, 9.17) is 21.7 Å². The smallest absolute Gasteiger partial charge is 0.338 e. The van der Waals surface area contributed by atoms with Crippen LogP contribution in [0.4, 0.5) is 5.69 Å². The Balaban J connectivity index is 1.86. The number of thiocarbonyl (C=S) groups is 1. The summed E-state index contributed by atoms with van der Waals surface area (Å²) in [6.45, 7) is 5.93. The molecule has 33 heavy (non-hydrogen) atoms. The molecule has 1 amide bonds. The van der Waals surface area contributed by atoms with Gasteiger partial charge in [-0.05, 0) is 49.8 Å². The van der Waals surface area contributed by atoms with E-state index in [1.807, 2.05) is 55.1 Å². The maximum atomic E-state index is 13.8. The van der Waals surface area contributed by atoms with E-state index in [0.29, 0.717) is 48.1 Å². The molecule has 1 unspecified atom stereocenters. The average Bonchev–Trinajstić information content (AvgIpc) is 2.84. The lowest BCUT2D eigenvalue weighted by molar-refractivity contribution is -0.131. The Morgan fingerprint density at radius 3 is 2.39 bits per heavy atom. The third-order valence-electron chi connectivity index (χ3n) is 5.98. The second-order valence-electron chi connectivity index (χ2n) is 8.04. The van der Waals surface area contributed by atoms with Crippen molar-refractivity contribution in [2.24, 2.45) is 0 Å². The van der Waals surface area contributed by atoms with E-state index in [0.717, 1.165) is 16.9 Å². The first-order valence-corrected chi connectivity index (χ1v) is 11.3. The third-order valence-corrected chi connectivity index (χ3v) is 6.28. The van der Waals surface area contributed by atoms with Gasteiger partial charge in [-0.1, -0.05) is 35.9 Å². The fourth-order valence-corrected chi connectivity index (χ4v) is 4.60. The number of nitrogens with zero attached hydrogens (tertiary/aromatic N) is 2. The quantitative estimate of drug-likeness (QED) is 0.549. The van der Waals surface area contributed by atoms with E-state index < -0.39 is 12.0 Å². The van der Waals surface area contributed by atoms with Gasteiger partial charge in [0.25, 0.3) is 5.91 Å². The zero-order valence-corrected chi connectivity index (χ0v) is 19.8. The Morgan fingerprint density at radius 1 is 1.06 bits per heavy atom. The Morgan fingerprint density at radius 2 is 1.73 bits per heavy atom. The van der Waals surface area contributed by atoms with Gasteiger partial charge in [-0.25, -0.2) is 4.79 Å². The number of ether oxygens (including phenoxy) is 2. The van der Waals surface area contributed by atoms with Gasteiger partial charge in [0.2, 0.25) is 0 Å². The average molecular weight is 466 g/mol. The number of carbonyl (C=O) groups is 2. The van der Waals surface area contributed by atoms with Gasteiger partial charge in [0.15, 0.2) is 5.11 Å². The Labute approximate surface area is 199 Å². The van der Waals surface area contributed by atoms with Crippen LogP contribution in [0.5, 0.6) is 0 Å². The zero-order valence-electron chi connectivity index (χ0n) is 19.0. The minimum absolute atomic E-state index is 0.104. The largest absolute Gasteiger partial charge is 0.465 e. The van der Waals surface area contributed by atoms with Gasteiger partial charge < -0.3 is 19.7 Å². The van der Waals surface area contributed by atoms with Crippen molar-refractivity contribution >= 4 is 34.9 Å². The minimum Gasteiger partial charge on any atom is -0.465 e. The first-order valence-electron chi connectivity index (χ1n) is 10.8. The van der Waals surface area contributed by atoms with E-state index in [1.165, 1.54) is 7.11 Å². The van der Waals surface area contributed by atoms with Gasteiger partial charge in [-0.3, -0.25) is 9.69 Å². The standard InChI is InChI=1S/C25H27N3O4S/c1-16-8-10-18(11-9-16)28-17(2)21(23(29)27-12-14-32-15-13-27)22(26-25(28)33)19-6-4-5-7-20(19)24(30)31-3/h4-11,22H,12-15H2,1-3H3,(H,26,33). The molecule has 0 bridgehead atoms. The summed E-state index contributed by atoms with van der Waals surface area (Å²) >= 11 is 5.75. The van der Waals surface area contributed by atoms with E-state index in [-0.39, 0.29) is 5.91 Å². The first kappa shape index (κ1) is 22.9. The lowest BCUT2D eigenvalue weighted by Gasteiger charge is -2.40. The lowest BCUT2D eigenvalue weighted by Crippen LogP contribution is -2.51. The van der Waals surface area contributed by atoms with Crippen LogP contribution >= 0.6 is 12.2 Å². The van der Waals surface area contributed by atoms with Gasteiger partial charge >= 0.3 is 5.97 Å². The van der Waals surface area contributed by atoms with E-state index in [2.05, 4.69) is 5.32 Å². The van der Waals surface area contributed by atoms with Crippen molar-refractivity contribution in [1.29, 1.82) is 0 Å². The maximum Gasteiger partial charge on any atom is 0.338 e. The highest BCUT2D eigenvalue weighted by Gasteiger charge is 2.38. The molecule has 2 aliphatic heterocycles. The van der Waals surface area contributed by atoms with Crippen molar-refractivity contribution in [3.05, 3.63) is 76.5 Å². The fraction of sp³-hybridized carbons (Fsp3) is 0.320. The molecular weight excluding hydrogens is 438 g/mol. The number of esters is 1. The van der Waals surface area contributed by atoms with E-state index in [9.17, 15) is 9.59 Å². The van der Waals surface area contributed by atoms with Gasteiger partial charge in [0, 0.05) is 24.5 Å². The molecule has 2 aromatic rings. The summed E-state index contributed by atoms with van der Waals surface area (Å²) in [6, 6.07) is 14.5. The van der Waals surface area contributed by atoms with Gasteiger partial charge in [-0.2, -0.15) is 0 Å². The molecule has 4 rings (SSSR count). The molecule has 1 saturated heterocycles. The third kappa shape index (κ3) is 4.49. The van der Waals surface area contributed by atoms with Crippen LogP contribution in [0.15, 0.2) is 59.8 Å². The number of methoxy groups -OCH3 is 1. The number of allylic oxidation sites excluding steroid dienone is 1. The summed E-state index contributed by atoms with van der Waals surface area (Å²) in [5, 5.41) is 3.79. The Hall–Kier alpha value is -3.23. The predicted octanol–water partition coefficient (Wildman–Crippen LogP) is 3.35. The van der Waals surface area contributed by atoms with Crippen LogP contribution in [-0.2, 0) is 14.3 Å². The molecule has 0 aromatic heterocycles. The van der Waals surface area contributed by atoms with Crippen molar-refractivity contribution in [2.45, 2.75) is 19.9 Å². The zero-order chi connectivity index (χ0) is 23.5. The molecule has 2 aromatic carbocycles. The fourth-order valence-electron chi connectivity index (χ4n) is 4.24. The topological polar surface area (TPSA) is 71.1 Å². The SMILES string of the molecule is COC(=O)c1ccccc1C1NC(=S)N(c2ccc(C)cc2)C(C)=C1C(=O)N1CCOCC1. The summed E-state index contributed by atoms with van der Waals surface area (Å²) in [7, 11) is 1.35. The predicted molar refractivity (Wildman–Crippen MR) is 130 cm³/mol. The normalized spacial score (nSPS) is 18.8. The number of hydrogen-bond acceptors (Lipinski definition) is 5. The minimum atomic E-state index is -0.593. The molecule has 172 valence electrons. The summed E-state index contributed by atoms with van der Waals surface area (Å²) in [5.41, 5.74) is 4.30. The number of hydrogen-bond donors (Lipinski definition) is 1. The molecule has 0 spiro atoms. The molecule has 2 aliphatic rings. The number of morpholine rings is 1. The number of aryl methyl sites for hydroxylation is 1. The Kier molecular flexibility index (Phi) is 6.76. The summed E-state index contributed by atoms with van der Waals surface area (Å²) in [4.78, 5) is 30.0. The molecule has 0 saturated carbocycles. The molecule has 0 aliphatic carbocycles. The van der Waals surface area contributed by atoms with Crippen LogP contribution in [0.1, 0.15) is 34.5 Å². The highest BCUT2D eigenvalue weighted by molar-refractivity contribution is 7.80. The van der Waals surface area contributed by atoms with Gasteiger partial charge in [0.05, 0.1) is 37.5 Å². The Bertz CT molecular complexity index is 1110. The molecular formula is C25H27N3O4S. The van der Waals surface area contributed by atoms with Crippen molar-refractivity contribution < 1.29 is 19.1 Å². The number of benzene rings is 2. The highest BCUT2D eigenvalue weighted by Crippen LogP contribution is 2.36. The number of amides is 1. The van der Waals surface area contributed by atoms with Crippen LogP contribution in [0.2, 0.25) is 0 Å². The van der Waals surface area contributed by atoms with Crippen LogP contribution in [-0.4, -0.2) is 55.3 Å². The first-order chi connectivity index (χ1) is 15.9. The highest BCUT2D eigenvalue weighted by atomic mass is 32.1. The maximum absolute atomic E-state index is 13.8. The van der Waals surface area contributed by atoms with Crippen molar-refractivity contribution in [3.63, 3.8) is 0 Å². The molecule has 8 heteroatoms. The summed E-state index contributed by atoms with van der Waals surface area (Å²) in [6.07, 6.45) is 0. The number of nitrogens with one attached hydrogen (secondary N) is 1. The van der Waals surface area contributed by atoms with Gasteiger partial charge in [0.1, 0.15) is 0 Å². The van der Waals surface area contributed by atoms with Crippen LogP contribution in [0.3, 0.4) is 0 Å². The number of carbonyl (C=O) groups excluding carboxylic acids is 2. The summed E-state index contributed by atoms with van der Waals surface area (Å²) < 4.78 is 10.4. The van der Waals surface area contributed by atoms with E-state index >= 15 is 0 Å². The van der Waals surface area contributed by atoms with Crippen LogP contribution < -0.4 is 10.2 Å². The van der Waals surface area contributed by atoms with E-state index in [1.54, 1.807) is 17.0 Å². The van der Waals surface area contributed by atoms with Crippen molar-refractivity contribution in [1.82, 2.24) is 10.2 Å². The lowest BCUT2D eigenvalue weighted by atomic mass is 9.90. The van der Waals surface area contributed by atoms with Crippen molar-refractivity contribution in [2.75, 3.05) is 38.3 Å². The molecule has 1 fully saturated rings. The second kappa shape index (κ2) is 9.72. The number of rotatable bonds is 4. The molecule has 7 nitrogen and oxygen atoms in total. The second-order valence-corrected chi connectivity index (χ2v) is 8.42. The van der Waals surface area contributed by atoms with Crippen LogP contribution in [0.25, 0.3) is 0 Å². The monoisotopic (exact) mass is 465 g/mol. The molecule has 1 N–H and O–H groups in total. The van der Waals surface area contributed by atoms with Crippen LogP contribution in [0, 0.1) is 6.92 Å². The number of anilines is 1. The van der Waals surface area contributed by atoms with Crippen molar-refractivity contribution in [3.8, 4) is 0 Å².